The van der Waals surface area contributed by atoms with Crippen LogP contribution in [0.5, 0.6) is 0 Å². The first-order valence-corrected chi connectivity index (χ1v) is 11.8. The molecule has 0 bridgehead atoms. The molecule has 0 saturated heterocycles. The number of benzene rings is 2. The third-order valence-corrected chi connectivity index (χ3v) is 6.17. The quantitative estimate of drug-likeness (QED) is 0.408. The molecule has 1 heterocycles. The molecule has 33 heavy (non-hydrogen) atoms. The Morgan fingerprint density at radius 3 is 2.61 bits per heavy atom. The Labute approximate surface area is 191 Å². The highest BCUT2D eigenvalue weighted by molar-refractivity contribution is 7.92. The second kappa shape index (κ2) is 10.1. The van der Waals surface area contributed by atoms with Crippen LogP contribution >= 0.6 is 0 Å². The van der Waals surface area contributed by atoms with Gasteiger partial charge in [-0.15, -0.1) is 0 Å². The van der Waals surface area contributed by atoms with E-state index in [4.69, 9.17) is 10.3 Å². The lowest BCUT2D eigenvalue weighted by atomic mass is 9.94. The number of nitrogens with one attached hydrogen (secondary N) is 2. The van der Waals surface area contributed by atoms with E-state index in [1.165, 1.54) is 32.0 Å². The molecule has 0 radical (unpaired) electrons. The van der Waals surface area contributed by atoms with Gasteiger partial charge in [-0.25, -0.2) is 12.8 Å². The lowest BCUT2D eigenvalue weighted by molar-refractivity contribution is -0.124. The van der Waals surface area contributed by atoms with Crippen LogP contribution in [0.15, 0.2) is 57.9 Å². The highest BCUT2D eigenvalue weighted by Crippen LogP contribution is 2.25. The molecule has 0 aliphatic carbocycles. The minimum Gasteiger partial charge on any atom is -0.339 e. The van der Waals surface area contributed by atoms with Crippen LogP contribution in [0.2, 0.25) is 0 Å². The van der Waals surface area contributed by atoms with Crippen LogP contribution in [0.3, 0.4) is 0 Å². The molecular weight excluding hydrogens is 449 g/mol. The van der Waals surface area contributed by atoms with Gasteiger partial charge in [0.15, 0.2) is 0 Å². The lowest BCUT2D eigenvalue weighted by Gasteiger charge is -2.19. The number of carbonyl (C=O) groups is 1. The van der Waals surface area contributed by atoms with E-state index >= 15 is 0 Å². The summed E-state index contributed by atoms with van der Waals surface area (Å²) in [5.41, 5.74) is 5.34. The van der Waals surface area contributed by atoms with Gasteiger partial charge in [-0.05, 0) is 57.1 Å². The molecular formula is C22H26FN5O4S. The van der Waals surface area contributed by atoms with Gasteiger partial charge in [-0.2, -0.15) is 4.98 Å². The molecule has 0 spiro atoms. The summed E-state index contributed by atoms with van der Waals surface area (Å²) in [6, 6.07) is 12.3. The van der Waals surface area contributed by atoms with Crippen LogP contribution in [-0.2, 0) is 21.2 Å². The van der Waals surface area contributed by atoms with E-state index in [-0.39, 0.29) is 16.4 Å². The number of rotatable bonds is 10. The van der Waals surface area contributed by atoms with E-state index in [9.17, 15) is 17.6 Å². The Morgan fingerprint density at radius 1 is 1.15 bits per heavy atom. The average Bonchev–Trinajstić information content (AvgIpc) is 3.27. The number of aromatic nitrogens is 2. The first kappa shape index (κ1) is 24.3. The molecule has 4 N–H and O–H groups in total. The lowest BCUT2D eigenvalue weighted by Crippen LogP contribution is -2.32. The van der Waals surface area contributed by atoms with E-state index < -0.39 is 28.0 Å². The molecule has 3 aromatic rings. The minimum absolute atomic E-state index is 0.00121. The van der Waals surface area contributed by atoms with Crippen molar-refractivity contribution >= 4 is 27.3 Å². The Kier molecular flexibility index (Phi) is 7.44. The molecule has 0 aliphatic rings. The van der Waals surface area contributed by atoms with Crippen molar-refractivity contribution in [3.8, 4) is 11.4 Å². The van der Waals surface area contributed by atoms with Gasteiger partial charge >= 0.3 is 0 Å². The zero-order chi connectivity index (χ0) is 24.1. The molecule has 0 aliphatic heterocycles. The molecule has 1 aromatic heterocycles. The van der Waals surface area contributed by atoms with E-state index in [1.807, 2.05) is 0 Å². The molecule has 2 aromatic carbocycles. The molecule has 176 valence electrons. The van der Waals surface area contributed by atoms with Crippen molar-refractivity contribution in [1.29, 1.82) is 0 Å². The fourth-order valence-corrected chi connectivity index (χ4v) is 3.86. The van der Waals surface area contributed by atoms with Crippen molar-refractivity contribution in [1.82, 2.24) is 10.1 Å². The van der Waals surface area contributed by atoms with Gasteiger partial charge in [0.25, 0.3) is 10.0 Å². The van der Waals surface area contributed by atoms with Gasteiger partial charge in [0.1, 0.15) is 6.67 Å². The summed E-state index contributed by atoms with van der Waals surface area (Å²) in [6.07, 6.45) is 1.24. The Balaban J connectivity index is 1.78. The maximum Gasteiger partial charge on any atom is 0.261 e. The normalized spacial score (nSPS) is 11.9. The van der Waals surface area contributed by atoms with Crippen LogP contribution in [0.25, 0.3) is 11.4 Å². The smallest absolute Gasteiger partial charge is 0.261 e. The fraction of sp³-hybridized carbons (Fsp3) is 0.318. The average molecular weight is 476 g/mol. The zero-order valence-electron chi connectivity index (χ0n) is 18.3. The zero-order valence-corrected chi connectivity index (χ0v) is 19.2. The van der Waals surface area contributed by atoms with Gasteiger partial charge in [0.05, 0.1) is 16.0 Å². The number of amides is 1. The van der Waals surface area contributed by atoms with Gasteiger partial charge in [0, 0.05) is 17.7 Å². The summed E-state index contributed by atoms with van der Waals surface area (Å²) in [4.78, 5) is 16.5. The highest BCUT2D eigenvalue weighted by atomic mass is 32.2. The number of nitrogens with two attached hydrogens (primary N) is 1. The summed E-state index contributed by atoms with van der Waals surface area (Å²) < 4.78 is 46.6. The largest absolute Gasteiger partial charge is 0.339 e. The first-order chi connectivity index (χ1) is 15.6. The SMILES string of the molecule is CC(C)(CF)C(=O)Nc1cccc(NS(=O)(=O)c2cccc(-c3noc(CCCN)n3)c2)c1. The Hall–Kier alpha value is -3.31. The summed E-state index contributed by atoms with van der Waals surface area (Å²) in [6.45, 7) is 2.63. The molecule has 3 rings (SSSR count). The number of anilines is 2. The number of sulfonamides is 1. The molecule has 0 saturated carbocycles. The number of halogens is 1. The molecule has 0 fully saturated rings. The predicted molar refractivity (Wildman–Crippen MR) is 123 cm³/mol. The first-order valence-electron chi connectivity index (χ1n) is 10.3. The third-order valence-electron chi connectivity index (χ3n) is 4.79. The van der Waals surface area contributed by atoms with E-state index in [0.29, 0.717) is 36.5 Å². The second-order valence-electron chi connectivity index (χ2n) is 8.09. The van der Waals surface area contributed by atoms with Gasteiger partial charge in [-0.3, -0.25) is 9.52 Å². The highest BCUT2D eigenvalue weighted by Gasteiger charge is 2.27. The van der Waals surface area contributed by atoms with Crippen molar-refractivity contribution in [2.24, 2.45) is 11.1 Å². The fourth-order valence-electron chi connectivity index (χ4n) is 2.76. The van der Waals surface area contributed by atoms with E-state index in [1.54, 1.807) is 30.3 Å². The Morgan fingerprint density at radius 2 is 1.88 bits per heavy atom. The molecule has 9 nitrogen and oxygen atoms in total. The summed E-state index contributed by atoms with van der Waals surface area (Å²) in [5.74, 6) is 0.194. The number of hydrogen-bond donors (Lipinski definition) is 3. The number of alkyl halides is 1. The van der Waals surface area contributed by atoms with Gasteiger partial charge < -0.3 is 15.6 Å². The van der Waals surface area contributed by atoms with Crippen LogP contribution in [-0.4, -0.2) is 37.7 Å². The predicted octanol–water partition coefficient (Wildman–Crippen LogP) is 3.36. The maximum absolute atomic E-state index is 13.1. The number of carbonyl (C=O) groups excluding carboxylic acids is 1. The van der Waals surface area contributed by atoms with Crippen LogP contribution in [0.4, 0.5) is 15.8 Å². The van der Waals surface area contributed by atoms with Crippen molar-refractivity contribution in [3.05, 3.63) is 54.4 Å². The second-order valence-corrected chi connectivity index (χ2v) is 9.77. The number of nitrogens with zero attached hydrogens (tertiary/aromatic N) is 2. The van der Waals surface area contributed by atoms with Crippen LogP contribution in [0.1, 0.15) is 26.2 Å². The minimum atomic E-state index is -3.95. The van der Waals surface area contributed by atoms with Crippen molar-refractivity contribution in [2.75, 3.05) is 23.3 Å². The van der Waals surface area contributed by atoms with E-state index in [0.717, 1.165) is 0 Å². The topological polar surface area (TPSA) is 140 Å². The molecule has 11 heteroatoms. The Bertz CT molecular complexity index is 1230. The standard InChI is InChI=1S/C22H26FN5O4S/c1-22(2,14-23)21(29)25-16-7-4-8-17(13-16)28-33(30,31)18-9-3-6-15(12-18)20-26-19(32-27-20)10-5-11-24/h3-4,6-9,12-13,28H,5,10-11,14,24H2,1-2H3,(H,25,29). The van der Waals surface area contributed by atoms with Crippen LogP contribution < -0.4 is 15.8 Å². The number of aryl methyl sites for hydroxylation is 1. The molecule has 1 amide bonds. The van der Waals surface area contributed by atoms with Crippen LogP contribution in [0, 0.1) is 5.41 Å². The molecule has 0 unspecified atom stereocenters. The monoisotopic (exact) mass is 475 g/mol. The van der Waals surface area contributed by atoms with E-state index in [2.05, 4.69) is 20.2 Å². The van der Waals surface area contributed by atoms with Gasteiger partial charge in [0.2, 0.25) is 17.6 Å². The number of hydrogen-bond acceptors (Lipinski definition) is 7. The summed E-state index contributed by atoms with van der Waals surface area (Å²) in [7, 11) is -3.95. The van der Waals surface area contributed by atoms with Crippen molar-refractivity contribution in [2.45, 2.75) is 31.6 Å². The van der Waals surface area contributed by atoms with Crippen molar-refractivity contribution < 1.29 is 22.1 Å². The summed E-state index contributed by atoms with van der Waals surface area (Å²) >= 11 is 0. The summed E-state index contributed by atoms with van der Waals surface area (Å²) in [5, 5.41) is 6.50. The third kappa shape index (κ3) is 6.14. The molecule has 0 atom stereocenters. The van der Waals surface area contributed by atoms with Crippen molar-refractivity contribution in [3.63, 3.8) is 0 Å². The van der Waals surface area contributed by atoms with Gasteiger partial charge in [-0.1, -0.05) is 23.4 Å². The maximum atomic E-state index is 13.1.